The highest BCUT2D eigenvalue weighted by Crippen LogP contribution is 2.68. The largest absolute Gasteiger partial charge is 0.459 e. The van der Waals surface area contributed by atoms with Gasteiger partial charge < -0.3 is 9.84 Å². The molecule has 1 heterocycles. The molecular formula is C24H36O3. The van der Waals surface area contributed by atoms with Crippen molar-refractivity contribution in [2.45, 2.75) is 96.7 Å². The predicted octanol–water partition coefficient (Wildman–Crippen LogP) is 5.02. The van der Waals surface area contributed by atoms with Crippen molar-refractivity contribution in [3.8, 4) is 0 Å². The summed E-state index contributed by atoms with van der Waals surface area (Å²) < 4.78 is 5.92. The Hall–Kier alpha value is -0.830. The first kappa shape index (κ1) is 18.2. The molecule has 0 aromatic rings. The Balaban J connectivity index is 1.44. The molecule has 1 N–H and O–H groups in total. The van der Waals surface area contributed by atoms with Crippen LogP contribution in [0.25, 0.3) is 0 Å². The van der Waals surface area contributed by atoms with Crippen LogP contribution in [0.5, 0.6) is 0 Å². The van der Waals surface area contributed by atoms with Gasteiger partial charge in [0, 0.05) is 12.3 Å². The van der Waals surface area contributed by atoms with Crippen molar-refractivity contribution in [1.82, 2.24) is 0 Å². The SMILES string of the molecule is CC1(C2CCC3C4CC=C5CC(O)CCC5(C)C4CCC32C)CCC(=O)O1. The summed E-state index contributed by atoms with van der Waals surface area (Å²) in [5.74, 6) is 2.85. The predicted molar refractivity (Wildman–Crippen MR) is 105 cm³/mol. The molecular weight excluding hydrogens is 336 g/mol. The van der Waals surface area contributed by atoms with Gasteiger partial charge in [-0.1, -0.05) is 25.5 Å². The zero-order chi connectivity index (χ0) is 19.0. The lowest BCUT2D eigenvalue weighted by molar-refractivity contribution is -0.158. The van der Waals surface area contributed by atoms with Crippen molar-refractivity contribution in [3.05, 3.63) is 11.6 Å². The molecule has 4 fully saturated rings. The van der Waals surface area contributed by atoms with E-state index in [2.05, 4.69) is 26.8 Å². The maximum absolute atomic E-state index is 11.9. The molecule has 8 atom stereocenters. The van der Waals surface area contributed by atoms with Gasteiger partial charge in [0.05, 0.1) is 6.10 Å². The van der Waals surface area contributed by atoms with Crippen LogP contribution < -0.4 is 0 Å². The normalized spacial score (nSPS) is 54.6. The van der Waals surface area contributed by atoms with E-state index in [-0.39, 0.29) is 17.7 Å². The quantitative estimate of drug-likeness (QED) is 0.519. The number of aliphatic hydroxyl groups is 1. The monoisotopic (exact) mass is 372 g/mol. The molecule has 150 valence electrons. The van der Waals surface area contributed by atoms with Crippen molar-refractivity contribution < 1.29 is 14.6 Å². The Labute approximate surface area is 163 Å². The Morgan fingerprint density at radius 1 is 1.04 bits per heavy atom. The second kappa shape index (κ2) is 5.84. The molecule has 1 saturated heterocycles. The second-order valence-corrected chi connectivity index (χ2v) is 11.1. The molecule has 0 bridgehead atoms. The molecule has 0 aromatic carbocycles. The van der Waals surface area contributed by atoms with E-state index in [4.69, 9.17) is 4.74 Å². The first-order chi connectivity index (χ1) is 12.8. The number of hydrogen-bond acceptors (Lipinski definition) is 3. The summed E-state index contributed by atoms with van der Waals surface area (Å²) in [6.07, 6.45) is 13.2. The summed E-state index contributed by atoms with van der Waals surface area (Å²) in [6, 6.07) is 0. The third kappa shape index (κ3) is 2.46. The van der Waals surface area contributed by atoms with Crippen molar-refractivity contribution >= 4 is 5.97 Å². The fraction of sp³-hybridized carbons (Fsp3) is 0.875. The van der Waals surface area contributed by atoms with Gasteiger partial charge in [0.25, 0.3) is 0 Å². The van der Waals surface area contributed by atoms with Crippen LogP contribution in [-0.4, -0.2) is 22.8 Å². The molecule has 5 aliphatic rings. The van der Waals surface area contributed by atoms with Gasteiger partial charge in [-0.2, -0.15) is 0 Å². The average molecular weight is 373 g/mol. The standard InChI is InChI=1S/C24H36O3/c1-22-11-8-16(25)14-15(22)4-5-17-18-6-7-20(23(18,2)12-9-19(17)22)24(3)13-10-21(26)27-24/h4,16-20,25H,5-14H2,1-3H3. The van der Waals surface area contributed by atoms with Crippen LogP contribution in [0.2, 0.25) is 0 Å². The molecule has 0 aromatic heterocycles. The van der Waals surface area contributed by atoms with Crippen molar-refractivity contribution in [1.29, 1.82) is 0 Å². The lowest BCUT2D eigenvalue weighted by Crippen LogP contribution is -2.53. The third-order valence-electron chi connectivity index (χ3n) is 9.99. The topological polar surface area (TPSA) is 46.5 Å². The van der Waals surface area contributed by atoms with E-state index in [1.165, 1.54) is 32.1 Å². The highest BCUT2D eigenvalue weighted by molar-refractivity contribution is 5.72. The summed E-state index contributed by atoms with van der Waals surface area (Å²) in [6.45, 7) is 7.23. The maximum atomic E-state index is 11.9. The Kier molecular flexibility index (Phi) is 3.94. The van der Waals surface area contributed by atoms with Crippen LogP contribution >= 0.6 is 0 Å². The van der Waals surface area contributed by atoms with Gasteiger partial charge in [-0.05, 0) is 93.3 Å². The Bertz CT molecular complexity index is 683. The van der Waals surface area contributed by atoms with E-state index in [0.717, 1.165) is 43.4 Å². The first-order valence-corrected chi connectivity index (χ1v) is 11.4. The molecule has 3 saturated carbocycles. The van der Waals surface area contributed by atoms with Crippen LogP contribution in [-0.2, 0) is 9.53 Å². The van der Waals surface area contributed by atoms with E-state index < -0.39 is 0 Å². The number of hydrogen-bond donors (Lipinski definition) is 1. The number of ether oxygens (including phenoxy) is 1. The molecule has 3 heteroatoms. The Morgan fingerprint density at radius 2 is 1.85 bits per heavy atom. The average Bonchev–Trinajstić information content (AvgIpc) is 3.15. The van der Waals surface area contributed by atoms with E-state index in [1.807, 2.05) is 0 Å². The number of esters is 1. The van der Waals surface area contributed by atoms with Crippen LogP contribution in [0.3, 0.4) is 0 Å². The lowest BCUT2D eigenvalue weighted by Gasteiger charge is -2.58. The molecule has 0 spiro atoms. The van der Waals surface area contributed by atoms with Crippen molar-refractivity contribution in [3.63, 3.8) is 0 Å². The zero-order valence-corrected chi connectivity index (χ0v) is 17.3. The van der Waals surface area contributed by atoms with Gasteiger partial charge in [0.1, 0.15) is 5.60 Å². The molecule has 4 aliphatic carbocycles. The molecule has 27 heavy (non-hydrogen) atoms. The molecule has 1 aliphatic heterocycles. The molecule has 0 amide bonds. The van der Waals surface area contributed by atoms with Gasteiger partial charge in [-0.3, -0.25) is 4.79 Å². The second-order valence-electron chi connectivity index (χ2n) is 11.1. The number of cyclic esters (lactones) is 1. The van der Waals surface area contributed by atoms with E-state index in [9.17, 15) is 9.90 Å². The van der Waals surface area contributed by atoms with Gasteiger partial charge in [0.2, 0.25) is 0 Å². The van der Waals surface area contributed by atoms with Gasteiger partial charge in [-0.15, -0.1) is 0 Å². The summed E-state index contributed by atoms with van der Waals surface area (Å²) in [7, 11) is 0. The van der Waals surface area contributed by atoms with E-state index in [0.29, 0.717) is 23.2 Å². The van der Waals surface area contributed by atoms with Crippen molar-refractivity contribution in [2.24, 2.45) is 34.5 Å². The number of carbonyl (C=O) groups is 1. The lowest BCUT2D eigenvalue weighted by atomic mass is 9.46. The number of aliphatic hydroxyl groups excluding tert-OH is 1. The maximum Gasteiger partial charge on any atom is 0.306 e. The molecule has 8 unspecified atom stereocenters. The van der Waals surface area contributed by atoms with E-state index in [1.54, 1.807) is 5.57 Å². The summed E-state index contributed by atoms with van der Waals surface area (Å²) in [4.78, 5) is 11.9. The zero-order valence-electron chi connectivity index (χ0n) is 17.3. The first-order valence-electron chi connectivity index (χ1n) is 11.4. The number of allylic oxidation sites excluding steroid dienone is 1. The molecule has 5 rings (SSSR count). The minimum absolute atomic E-state index is 0.0109. The number of carbonyl (C=O) groups excluding carboxylic acids is 1. The van der Waals surface area contributed by atoms with Gasteiger partial charge in [-0.25, -0.2) is 0 Å². The fourth-order valence-electron chi connectivity index (χ4n) is 8.60. The fourth-order valence-corrected chi connectivity index (χ4v) is 8.60. The molecule has 0 radical (unpaired) electrons. The minimum atomic E-state index is -0.234. The third-order valence-corrected chi connectivity index (χ3v) is 9.99. The minimum Gasteiger partial charge on any atom is -0.459 e. The van der Waals surface area contributed by atoms with Crippen LogP contribution in [0, 0.1) is 34.5 Å². The van der Waals surface area contributed by atoms with Gasteiger partial charge >= 0.3 is 5.97 Å². The molecule has 3 nitrogen and oxygen atoms in total. The smallest absolute Gasteiger partial charge is 0.306 e. The summed E-state index contributed by atoms with van der Waals surface area (Å²) in [5, 5.41) is 10.2. The summed E-state index contributed by atoms with van der Waals surface area (Å²) in [5.41, 5.74) is 1.95. The van der Waals surface area contributed by atoms with Gasteiger partial charge in [0.15, 0.2) is 0 Å². The number of fused-ring (bicyclic) bond motifs is 5. The highest BCUT2D eigenvalue weighted by atomic mass is 16.6. The van der Waals surface area contributed by atoms with Crippen LogP contribution in [0.1, 0.15) is 85.0 Å². The van der Waals surface area contributed by atoms with Crippen LogP contribution in [0.4, 0.5) is 0 Å². The van der Waals surface area contributed by atoms with E-state index >= 15 is 0 Å². The number of rotatable bonds is 1. The van der Waals surface area contributed by atoms with Crippen molar-refractivity contribution in [2.75, 3.05) is 0 Å². The van der Waals surface area contributed by atoms with Crippen LogP contribution in [0.15, 0.2) is 11.6 Å². The highest BCUT2D eigenvalue weighted by Gasteiger charge is 2.62. The Morgan fingerprint density at radius 3 is 2.59 bits per heavy atom. The summed E-state index contributed by atoms with van der Waals surface area (Å²) >= 11 is 0.